The normalized spacial score (nSPS) is 14.4. The lowest BCUT2D eigenvalue weighted by molar-refractivity contribution is -0.161. The van der Waals surface area contributed by atoms with Crippen molar-refractivity contribution in [2.75, 3.05) is 39.6 Å². The van der Waals surface area contributed by atoms with Crippen LogP contribution in [-0.2, 0) is 65.4 Å². The molecule has 0 spiro atoms. The van der Waals surface area contributed by atoms with Crippen molar-refractivity contribution in [2.24, 2.45) is 0 Å². The van der Waals surface area contributed by atoms with Crippen LogP contribution in [0.1, 0.15) is 285 Å². The third-order valence-electron chi connectivity index (χ3n) is 13.1. The quantitative estimate of drug-likeness (QED) is 0.0222. The van der Waals surface area contributed by atoms with E-state index in [4.69, 9.17) is 37.0 Å². The van der Waals surface area contributed by atoms with E-state index in [0.29, 0.717) is 25.7 Å². The first-order valence-corrected chi connectivity index (χ1v) is 33.3. The molecule has 19 heteroatoms. The molecule has 3 N–H and O–H groups in total. The Morgan fingerprint density at radius 2 is 0.526 bits per heavy atom. The van der Waals surface area contributed by atoms with Crippen LogP contribution in [0, 0.1) is 0 Å². The summed E-state index contributed by atoms with van der Waals surface area (Å²) in [7, 11) is -9.86. The number of aliphatic hydroxyl groups is 1. The molecule has 450 valence electrons. The Hall–Kier alpha value is -1.94. The summed E-state index contributed by atoms with van der Waals surface area (Å²) in [5, 5.41) is 10.5. The number of unbranched alkanes of at least 4 members (excludes halogenated alkanes) is 32. The van der Waals surface area contributed by atoms with Gasteiger partial charge in [-0.25, -0.2) is 9.13 Å². The monoisotopic (exact) mass is 1130 g/mol. The van der Waals surface area contributed by atoms with Gasteiger partial charge >= 0.3 is 39.5 Å². The molecule has 0 bridgehead atoms. The molecular formula is C57H110O17P2. The molecule has 0 aliphatic carbocycles. The van der Waals surface area contributed by atoms with E-state index in [1.54, 1.807) is 0 Å². The van der Waals surface area contributed by atoms with E-state index in [1.807, 2.05) is 0 Å². The Bertz CT molecular complexity index is 1490. The van der Waals surface area contributed by atoms with E-state index in [0.717, 1.165) is 109 Å². The van der Waals surface area contributed by atoms with Crippen molar-refractivity contribution in [1.82, 2.24) is 0 Å². The molecule has 76 heavy (non-hydrogen) atoms. The summed E-state index contributed by atoms with van der Waals surface area (Å²) >= 11 is 0. The molecule has 0 aliphatic rings. The smallest absolute Gasteiger partial charge is 0.462 e. The molecule has 17 nitrogen and oxygen atoms in total. The van der Waals surface area contributed by atoms with Gasteiger partial charge in [-0.1, -0.05) is 233 Å². The first-order valence-electron chi connectivity index (χ1n) is 30.3. The van der Waals surface area contributed by atoms with Gasteiger partial charge in [0.05, 0.1) is 26.4 Å². The topological polar surface area (TPSA) is 237 Å². The second-order valence-corrected chi connectivity index (χ2v) is 23.6. The van der Waals surface area contributed by atoms with Crippen molar-refractivity contribution in [1.29, 1.82) is 0 Å². The molecule has 0 saturated heterocycles. The van der Waals surface area contributed by atoms with Gasteiger partial charge < -0.3 is 33.8 Å². The van der Waals surface area contributed by atoms with Gasteiger partial charge in [0.25, 0.3) is 0 Å². The molecular weight excluding hydrogens is 1020 g/mol. The van der Waals surface area contributed by atoms with Crippen LogP contribution in [0.5, 0.6) is 0 Å². The van der Waals surface area contributed by atoms with Crippen molar-refractivity contribution in [3.63, 3.8) is 0 Å². The molecule has 0 aromatic heterocycles. The number of hydrogen-bond acceptors (Lipinski definition) is 15. The summed E-state index contributed by atoms with van der Waals surface area (Å²) in [6, 6.07) is 0. The van der Waals surface area contributed by atoms with Crippen LogP contribution < -0.4 is 0 Å². The molecule has 0 amide bonds. The van der Waals surface area contributed by atoms with Gasteiger partial charge in [-0.15, -0.1) is 0 Å². The summed E-state index contributed by atoms with van der Waals surface area (Å²) < 4.78 is 67.4. The minimum atomic E-state index is -4.93. The van der Waals surface area contributed by atoms with Gasteiger partial charge in [0.1, 0.15) is 19.3 Å². The number of hydrogen-bond donors (Lipinski definition) is 3. The molecule has 0 aromatic carbocycles. The number of ether oxygens (including phenoxy) is 4. The maximum Gasteiger partial charge on any atom is 0.472 e. The lowest BCUT2D eigenvalue weighted by Gasteiger charge is -2.21. The fourth-order valence-electron chi connectivity index (χ4n) is 8.40. The number of phosphoric ester groups is 2. The highest BCUT2D eigenvalue weighted by Crippen LogP contribution is 2.45. The Morgan fingerprint density at radius 3 is 0.776 bits per heavy atom. The van der Waals surface area contributed by atoms with Crippen LogP contribution in [0.15, 0.2) is 0 Å². The standard InChI is InChI=1S/C57H110O17P2/c1-5-9-13-17-20-22-24-25-27-29-32-36-40-44-57(62)74-53(48-68-55(60)42-38-34-31-28-26-23-21-18-14-10-6-2)50-72-76(65,66)70-46-51(58)45-69-75(63,64)71-49-52(47-67-54(59)41-37-33-16-12-8-4)73-56(61)43-39-35-30-19-15-11-7-3/h51-53,58H,5-50H2,1-4H3,(H,63,64)(H,65,66)/t51-,52+,53+/m0/s1. The van der Waals surface area contributed by atoms with Crippen LogP contribution in [0.3, 0.4) is 0 Å². The molecule has 0 heterocycles. The van der Waals surface area contributed by atoms with Crippen LogP contribution >= 0.6 is 15.6 Å². The van der Waals surface area contributed by atoms with Crippen molar-refractivity contribution in [3.8, 4) is 0 Å². The molecule has 0 radical (unpaired) electrons. The summed E-state index contributed by atoms with van der Waals surface area (Å²) in [5.74, 6) is -2.16. The van der Waals surface area contributed by atoms with E-state index in [1.165, 1.54) is 96.3 Å². The highest BCUT2D eigenvalue weighted by Gasteiger charge is 2.30. The van der Waals surface area contributed by atoms with Gasteiger partial charge in [0.2, 0.25) is 0 Å². The van der Waals surface area contributed by atoms with E-state index < -0.39 is 97.5 Å². The summed E-state index contributed by atoms with van der Waals surface area (Å²) in [5.41, 5.74) is 0. The maximum atomic E-state index is 12.9. The van der Waals surface area contributed by atoms with E-state index in [-0.39, 0.29) is 25.7 Å². The fraction of sp³-hybridized carbons (Fsp3) is 0.930. The molecule has 0 aromatic rings. The lowest BCUT2D eigenvalue weighted by atomic mass is 10.0. The number of phosphoric acid groups is 2. The summed E-state index contributed by atoms with van der Waals surface area (Å²) in [4.78, 5) is 71.5. The maximum absolute atomic E-state index is 12.9. The number of rotatable bonds is 58. The van der Waals surface area contributed by atoms with E-state index in [9.17, 15) is 43.2 Å². The minimum Gasteiger partial charge on any atom is -0.462 e. The van der Waals surface area contributed by atoms with Gasteiger partial charge in [-0.2, -0.15) is 0 Å². The Kier molecular flexibility index (Phi) is 51.1. The Labute approximate surface area is 460 Å². The van der Waals surface area contributed by atoms with Gasteiger partial charge in [-0.3, -0.25) is 37.3 Å². The Balaban J connectivity index is 5.16. The lowest BCUT2D eigenvalue weighted by Crippen LogP contribution is -2.30. The first-order chi connectivity index (χ1) is 36.7. The van der Waals surface area contributed by atoms with Gasteiger partial charge in [0.15, 0.2) is 12.2 Å². The second-order valence-electron chi connectivity index (χ2n) is 20.7. The third kappa shape index (κ3) is 51.5. The minimum absolute atomic E-state index is 0.103. The van der Waals surface area contributed by atoms with Crippen LogP contribution in [0.25, 0.3) is 0 Å². The summed E-state index contributed by atoms with van der Waals surface area (Å²) in [6.45, 7) is 4.71. The fourth-order valence-corrected chi connectivity index (χ4v) is 9.98. The number of carbonyl (C=O) groups is 4. The number of carbonyl (C=O) groups excluding carboxylic acids is 4. The van der Waals surface area contributed by atoms with Gasteiger partial charge in [-0.05, 0) is 25.7 Å². The number of aliphatic hydroxyl groups excluding tert-OH is 1. The number of esters is 4. The molecule has 0 fully saturated rings. The van der Waals surface area contributed by atoms with Crippen molar-refractivity contribution in [3.05, 3.63) is 0 Å². The average Bonchev–Trinajstić information content (AvgIpc) is 3.39. The van der Waals surface area contributed by atoms with Crippen molar-refractivity contribution >= 4 is 39.5 Å². The predicted octanol–water partition coefficient (Wildman–Crippen LogP) is 15.2. The van der Waals surface area contributed by atoms with E-state index >= 15 is 0 Å². The highest BCUT2D eigenvalue weighted by atomic mass is 31.2. The van der Waals surface area contributed by atoms with Crippen LogP contribution in [-0.4, -0.2) is 96.7 Å². The largest absolute Gasteiger partial charge is 0.472 e. The van der Waals surface area contributed by atoms with Crippen LogP contribution in [0.4, 0.5) is 0 Å². The molecule has 0 saturated carbocycles. The highest BCUT2D eigenvalue weighted by molar-refractivity contribution is 7.47. The average molecular weight is 1130 g/mol. The van der Waals surface area contributed by atoms with Gasteiger partial charge in [0, 0.05) is 25.7 Å². The van der Waals surface area contributed by atoms with Crippen molar-refractivity contribution in [2.45, 2.75) is 303 Å². The molecule has 0 rings (SSSR count). The SMILES string of the molecule is CCCCCCCCCCCCCCCC(=O)O[C@H](COC(=O)CCCCCCCCCCCCC)COP(=O)(O)OC[C@@H](O)COP(=O)(O)OC[C@@H](COC(=O)CCCCCCC)OC(=O)CCCCCCCCC. The van der Waals surface area contributed by atoms with E-state index in [2.05, 4.69) is 27.7 Å². The zero-order chi connectivity index (χ0) is 56.2. The second kappa shape index (κ2) is 52.4. The summed E-state index contributed by atoms with van der Waals surface area (Å²) in [6.07, 6.45) is 35.2. The third-order valence-corrected chi connectivity index (χ3v) is 15.0. The van der Waals surface area contributed by atoms with Crippen molar-refractivity contribution < 1.29 is 80.2 Å². The Morgan fingerprint density at radius 1 is 0.316 bits per heavy atom. The molecule has 5 atom stereocenters. The predicted molar refractivity (Wildman–Crippen MR) is 299 cm³/mol. The van der Waals surface area contributed by atoms with Crippen LogP contribution in [0.2, 0.25) is 0 Å². The first kappa shape index (κ1) is 74.1. The molecule has 2 unspecified atom stereocenters. The zero-order valence-corrected chi connectivity index (χ0v) is 50.0. The zero-order valence-electron chi connectivity index (χ0n) is 48.2. The molecule has 0 aliphatic heterocycles.